The molecule has 0 unspecified atom stereocenters. The monoisotopic (exact) mass is 363 g/mol. The molecule has 0 aliphatic carbocycles. The fourth-order valence-corrected chi connectivity index (χ4v) is 2.31. The minimum Gasteiger partial charge on any atom is -1.00 e. The Morgan fingerprint density at radius 3 is 2.05 bits per heavy atom. The van der Waals surface area contributed by atoms with E-state index in [1.807, 2.05) is 56.6 Å². The lowest BCUT2D eigenvalue weighted by atomic mass is 10.0. The summed E-state index contributed by atoms with van der Waals surface area (Å²) in [5, 5.41) is 9.02. The number of rotatable bonds is 6. The van der Waals surface area contributed by atoms with Crippen LogP contribution in [0.1, 0.15) is 10.4 Å². The Balaban J connectivity index is 0.00000242. The zero-order valence-electron chi connectivity index (χ0n) is 13.0. The molecule has 0 radical (unpaired) electrons. The van der Waals surface area contributed by atoms with Crippen LogP contribution in [0.4, 0.5) is 0 Å². The lowest BCUT2D eigenvalue weighted by Gasteiger charge is -2.28. The van der Waals surface area contributed by atoms with Gasteiger partial charge in [0.15, 0.2) is 0 Å². The number of likely N-dealkylation sites (N-methyl/N-ethyl adjacent to an activating group) is 1. The molecule has 0 aromatic heterocycles. The van der Waals surface area contributed by atoms with Crippen LogP contribution in [0.25, 0.3) is 11.1 Å². The van der Waals surface area contributed by atoms with Gasteiger partial charge in [-0.15, -0.1) is 0 Å². The number of hydrogen-bond acceptors (Lipinski definition) is 2. The van der Waals surface area contributed by atoms with Crippen molar-refractivity contribution in [2.45, 2.75) is 0 Å². The second kappa shape index (κ2) is 8.22. The van der Waals surface area contributed by atoms with E-state index in [1.54, 1.807) is 0 Å². The smallest absolute Gasteiger partial charge is 0.216 e. The molecule has 0 heterocycles. The molecule has 0 bridgehead atoms. The standard InChI is InChI=1S/C18H22NO2.BrH/c1-19(2,12-13-20)14-18(21)17-10-8-16(9-11-17)15-6-4-3-5-7-15;/h3-11,20H,12-14H2,1-2H3;1H/q+1;/p-1. The quantitative estimate of drug-likeness (QED) is 0.560. The van der Waals surface area contributed by atoms with E-state index in [2.05, 4.69) is 12.1 Å². The SMILES string of the molecule is C[N+](C)(CCO)CC(=O)c1ccc(-c2ccccc2)cc1.[Br-]. The van der Waals surface area contributed by atoms with Gasteiger partial charge in [0, 0.05) is 5.56 Å². The van der Waals surface area contributed by atoms with Crippen molar-refractivity contribution in [2.24, 2.45) is 0 Å². The third-order valence-electron chi connectivity index (χ3n) is 3.59. The van der Waals surface area contributed by atoms with E-state index in [0.29, 0.717) is 17.6 Å². The second-order valence-electron chi connectivity index (χ2n) is 5.91. The number of hydrogen-bond donors (Lipinski definition) is 1. The highest BCUT2D eigenvalue weighted by atomic mass is 79.9. The fourth-order valence-electron chi connectivity index (χ4n) is 2.31. The maximum Gasteiger partial charge on any atom is 0.216 e. The van der Waals surface area contributed by atoms with Crippen LogP contribution in [0.3, 0.4) is 0 Å². The summed E-state index contributed by atoms with van der Waals surface area (Å²) < 4.78 is 0.496. The molecule has 3 nitrogen and oxygen atoms in total. The van der Waals surface area contributed by atoms with Crippen molar-refractivity contribution < 1.29 is 31.4 Å². The van der Waals surface area contributed by atoms with Crippen LogP contribution in [-0.4, -0.2) is 49.2 Å². The van der Waals surface area contributed by atoms with Crippen LogP contribution < -0.4 is 17.0 Å². The largest absolute Gasteiger partial charge is 1.00 e. The number of quaternary nitrogens is 1. The highest BCUT2D eigenvalue weighted by molar-refractivity contribution is 5.97. The highest BCUT2D eigenvalue weighted by Crippen LogP contribution is 2.19. The number of carbonyl (C=O) groups is 1. The average Bonchev–Trinajstić information content (AvgIpc) is 2.48. The molecule has 1 N–H and O–H groups in total. The average molecular weight is 364 g/mol. The molecular weight excluding hydrogens is 342 g/mol. The van der Waals surface area contributed by atoms with E-state index >= 15 is 0 Å². The van der Waals surface area contributed by atoms with Gasteiger partial charge in [-0.2, -0.15) is 0 Å². The third kappa shape index (κ3) is 5.05. The molecule has 0 saturated heterocycles. The molecule has 2 rings (SSSR count). The van der Waals surface area contributed by atoms with Gasteiger partial charge in [0.05, 0.1) is 20.7 Å². The van der Waals surface area contributed by atoms with Crippen molar-refractivity contribution in [3.05, 3.63) is 60.2 Å². The predicted octanol–water partition coefficient (Wildman–Crippen LogP) is -0.391. The number of nitrogens with zero attached hydrogens (tertiary/aromatic N) is 1. The normalized spacial score (nSPS) is 10.9. The van der Waals surface area contributed by atoms with Crippen LogP contribution >= 0.6 is 0 Å². The summed E-state index contributed by atoms with van der Waals surface area (Å²) in [6, 6.07) is 17.8. The van der Waals surface area contributed by atoms with E-state index < -0.39 is 0 Å². The van der Waals surface area contributed by atoms with Crippen LogP contribution in [0, 0.1) is 0 Å². The lowest BCUT2D eigenvalue weighted by Crippen LogP contribution is -3.00. The zero-order chi connectivity index (χ0) is 15.3. The van der Waals surface area contributed by atoms with E-state index in [1.165, 1.54) is 0 Å². The van der Waals surface area contributed by atoms with Gasteiger partial charge in [0.25, 0.3) is 0 Å². The Hall–Kier alpha value is -1.49. The summed E-state index contributed by atoms with van der Waals surface area (Å²) in [6.45, 7) is 1.06. The Labute approximate surface area is 142 Å². The summed E-state index contributed by atoms with van der Waals surface area (Å²) >= 11 is 0. The first kappa shape index (κ1) is 18.6. The first-order valence-corrected chi connectivity index (χ1v) is 7.13. The second-order valence-corrected chi connectivity index (χ2v) is 5.91. The minimum absolute atomic E-state index is 0. The van der Waals surface area contributed by atoms with Gasteiger partial charge < -0.3 is 26.6 Å². The number of aliphatic hydroxyl groups excluding tert-OH is 1. The van der Waals surface area contributed by atoms with Gasteiger partial charge in [-0.1, -0.05) is 54.6 Å². The molecule has 0 fully saturated rings. The zero-order valence-corrected chi connectivity index (χ0v) is 14.6. The van der Waals surface area contributed by atoms with Crippen LogP contribution in [-0.2, 0) is 0 Å². The summed E-state index contributed by atoms with van der Waals surface area (Å²) in [7, 11) is 3.90. The number of Topliss-reactive ketones (excluding diaryl/α,β-unsaturated/α-hetero) is 1. The molecule has 2 aromatic carbocycles. The first-order valence-electron chi connectivity index (χ1n) is 7.13. The Morgan fingerprint density at radius 1 is 0.955 bits per heavy atom. The molecule has 118 valence electrons. The van der Waals surface area contributed by atoms with E-state index in [4.69, 9.17) is 5.11 Å². The molecule has 0 aliphatic rings. The van der Waals surface area contributed by atoms with Gasteiger partial charge in [0.1, 0.15) is 13.1 Å². The summed E-state index contributed by atoms with van der Waals surface area (Å²) in [6.07, 6.45) is 0. The van der Waals surface area contributed by atoms with Crippen LogP contribution in [0.5, 0.6) is 0 Å². The van der Waals surface area contributed by atoms with Gasteiger partial charge in [-0.25, -0.2) is 0 Å². The van der Waals surface area contributed by atoms with E-state index in [9.17, 15) is 4.79 Å². The van der Waals surface area contributed by atoms with Crippen molar-refractivity contribution in [3.63, 3.8) is 0 Å². The van der Waals surface area contributed by atoms with Crippen LogP contribution in [0.2, 0.25) is 0 Å². The molecule has 22 heavy (non-hydrogen) atoms. The minimum atomic E-state index is 0. The van der Waals surface area contributed by atoms with Gasteiger partial charge >= 0.3 is 0 Å². The summed E-state index contributed by atoms with van der Waals surface area (Å²) in [5.74, 6) is 0.105. The van der Waals surface area contributed by atoms with Crippen molar-refractivity contribution in [3.8, 4) is 11.1 Å². The third-order valence-corrected chi connectivity index (χ3v) is 3.59. The Morgan fingerprint density at radius 2 is 1.50 bits per heavy atom. The van der Waals surface area contributed by atoms with Gasteiger partial charge in [-0.05, 0) is 11.1 Å². The lowest BCUT2D eigenvalue weighted by molar-refractivity contribution is -0.882. The fraction of sp³-hybridized carbons (Fsp3) is 0.278. The van der Waals surface area contributed by atoms with Crippen molar-refractivity contribution in [1.29, 1.82) is 0 Å². The number of halogens is 1. The molecule has 4 heteroatoms. The summed E-state index contributed by atoms with van der Waals surface area (Å²) in [4.78, 5) is 12.3. The first-order chi connectivity index (χ1) is 10.0. The van der Waals surface area contributed by atoms with E-state index in [0.717, 1.165) is 16.7 Å². The maximum absolute atomic E-state index is 12.3. The maximum atomic E-state index is 12.3. The molecule has 0 saturated carbocycles. The number of ketones is 1. The number of carbonyl (C=O) groups excluding carboxylic acids is 1. The number of benzene rings is 2. The summed E-state index contributed by atoms with van der Waals surface area (Å²) in [5.41, 5.74) is 2.97. The highest BCUT2D eigenvalue weighted by Gasteiger charge is 2.20. The van der Waals surface area contributed by atoms with Crippen molar-refractivity contribution in [2.75, 3.05) is 33.8 Å². The Bertz CT molecular complexity index is 594. The van der Waals surface area contributed by atoms with Crippen molar-refractivity contribution >= 4 is 5.78 Å². The molecule has 0 aliphatic heterocycles. The van der Waals surface area contributed by atoms with Crippen LogP contribution in [0.15, 0.2) is 54.6 Å². The van der Waals surface area contributed by atoms with Gasteiger partial charge in [0.2, 0.25) is 5.78 Å². The predicted molar refractivity (Wildman–Crippen MR) is 85.1 cm³/mol. The Kier molecular flexibility index (Phi) is 6.94. The molecule has 2 aromatic rings. The topological polar surface area (TPSA) is 37.3 Å². The molecule has 0 atom stereocenters. The molecule has 0 amide bonds. The van der Waals surface area contributed by atoms with Gasteiger partial charge in [-0.3, -0.25) is 4.79 Å². The van der Waals surface area contributed by atoms with E-state index in [-0.39, 0.29) is 29.4 Å². The molecular formula is C18H22BrNO2. The van der Waals surface area contributed by atoms with Crippen molar-refractivity contribution in [1.82, 2.24) is 0 Å². The molecule has 0 spiro atoms. The number of aliphatic hydroxyl groups is 1.